The molecule has 6 nitrogen and oxygen atoms in total. The van der Waals surface area contributed by atoms with Crippen LogP contribution in [0, 0.1) is 5.92 Å². The lowest BCUT2D eigenvalue weighted by Gasteiger charge is -2.31. The average molecular weight is 376 g/mol. The molecule has 2 aliphatic heterocycles. The molecule has 2 heterocycles. The van der Waals surface area contributed by atoms with Crippen LogP contribution in [-0.4, -0.2) is 47.6 Å². The van der Waals surface area contributed by atoms with Crippen LogP contribution in [0.5, 0.6) is 0 Å². The van der Waals surface area contributed by atoms with Gasteiger partial charge in [-0.1, -0.05) is 6.92 Å². The number of nitrogens with zero attached hydrogens (tertiary/aromatic N) is 1. The Morgan fingerprint density at radius 2 is 2.04 bits per heavy atom. The largest absolute Gasteiger partial charge is 0.449 e. The van der Waals surface area contributed by atoms with Crippen molar-refractivity contribution in [3.05, 3.63) is 23.8 Å². The minimum absolute atomic E-state index is 0.0651. The second-order valence-corrected chi connectivity index (χ2v) is 8.05. The predicted octanol–water partition coefficient (Wildman–Crippen LogP) is 2.92. The first-order valence-corrected chi connectivity index (χ1v) is 9.99. The number of hydrogen-bond acceptors (Lipinski definition) is 5. The number of anilines is 1. The third kappa shape index (κ3) is 4.38. The Labute approximate surface area is 157 Å². The van der Waals surface area contributed by atoms with Gasteiger partial charge in [-0.2, -0.15) is 0 Å². The molecule has 7 heteroatoms. The number of piperidine rings is 1. The van der Waals surface area contributed by atoms with Gasteiger partial charge in [-0.05, 0) is 43.9 Å². The summed E-state index contributed by atoms with van der Waals surface area (Å²) >= 11 is 1.58. The van der Waals surface area contributed by atoms with E-state index in [2.05, 4.69) is 12.2 Å². The van der Waals surface area contributed by atoms with Crippen molar-refractivity contribution < 1.29 is 19.1 Å². The fraction of sp³-hybridized carbons (Fsp3) is 0.526. The highest BCUT2D eigenvalue weighted by Crippen LogP contribution is 2.31. The smallest absolute Gasteiger partial charge is 0.338 e. The molecule has 1 aromatic rings. The number of carbonyl (C=O) groups excluding carboxylic acids is 3. The Kier molecular flexibility index (Phi) is 5.86. The van der Waals surface area contributed by atoms with Gasteiger partial charge < -0.3 is 15.0 Å². The maximum Gasteiger partial charge on any atom is 0.338 e. The summed E-state index contributed by atoms with van der Waals surface area (Å²) < 4.78 is 5.38. The molecule has 0 aromatic heterocycles. The van der Waals surface area contributed by atoms with Crippen molar-refractivity contribution in [1.29, 1.82) is 0 Å². The van der Waals surface area contributed by atoms with Gasteiger partial charge in [0.2, 0.25) is 5.91 Å². The summed E-state index contributed by atoms with van der Waals surface area (Å²) in [7, 11) is 0. The number of fused-ring (bicyclic) bond motifs is 1. The van der Waals surface area contributed by atoms with Crippen molar-refractivity contribution in [2.75, 3.05) is 24.2 Å². The average Bonchev–Trinajstić information content (AvgIpc) is 2.81. The Balaban J connectivity index is 1.64. The monoisotopic (exact) mass is 376 g/mol. The maximum absolute atomic E-state index is 12.5. The minimum Gasteiger partial charge on any atom is -0.449 e. The molecule has 1 fully saturated rings. The second kappa shape index (κ2) is 8.12. The van der Waals surface area contributed by atoms with Gasteiger partial charge in [-0.3, -0.25) is 9.59 Å². The summed E-state index contributed by atoms with van der Waals surface area (Å²) in [6.07, 6.45) is 1.58. The summed E-state index contributed by atoms with van der Waals surface area (Å²) in [5, 5.41) is 2.81. The van der Waals surface area contributed by atoms with E-state index in [1.807, 2.05) is 0 Å². The van der Waals surface area contributed by atoms with E-state index in [0.29, 0.717) is 42.4 Å². The van der Waals surface area contributed by atoms with Crippen molar-refractivity contribution in [2.45, 2.75) is 44.1 Å². The van der Waals surface area contributed by atoms with Crippen LogP contribution < -0.4 is 5.32 Å². The molecule has 0 aliphatic carbocycles. The number of thioether (sulfide) groups is 1. The molecule has 2 amide bonds. The van der Waals surface area contributed by atoms with Crippen LogP contribution in [0.4, 0.5) is 5.69 Å². The molecule has 26 heavy (non-hydrogen) atoms. The molecule has 1 aromatic carbocycles. The quantitative estimate of drug-likeness (QED) is 0.821. The fourth-order valence-electron chi connectivity index (χ4n) is 3.11. The summed E-state index contributed by atoms with van der Waals surface area (Å²) in [4.78, 5) is 39.3. The predicted molar refractivity (Wildman–Crippen MR) is 100 cm³/mol. The Bertz CT molecular complexity index is 713. The topological polar surface area (TPSA) is 75.7 Å². The molecule has 3 rings (SSSR count). The zero-order valence-corrected chi connectivity index (χ0v) is 15.9. The molecule has 1 N–H and O–H groups in total. The van der Waals surface area contributed by atoms with Crippen LogP contribution in [0.3, 0.4) is 0 Å². The minimum atomic E-state index is -0.821. The highest BCUT2D eigenvalue weighted by Gasteiger charge is 2.27. The maximum atomic E-state index is 12.5. The highest BCUT2D eigenvalue weighted by atomic mass is 32.2. The molecule has 0 spiro atoms. The van der Waals surface area contributed by atoms with E-state index in [1.54, 1.807) is 41.8 Å². The number of carbonyl (C=O) groups is 3. The van der Waals surface area contributed by atoms with Gasteiger partial charge >= 0.3 is 5.97 Å². The highest BCUT2D eigenvalue weighted by molar-refractivity contribution is 7.99. The van der Waals surface area contributed by atoms with Crippen LogP contribution in [0.25, 0.3) is 0 Å². The molecule has 1 atom stereocenters. The molecular weight excluding hydrogens is 352 g/mol. The number of nitrogens with one attached hydrogen (secondary N) is 1. The number of hydrogen-bond donors (Lipinski definition) is 1. The van der Waals surface area contributed by atoms with Gasteiger partial charge in [-0.15, -0.1) is 11.8 Å². The number of likely N-dealkylation sites (tertiary alicyclic amines) is 1. The molecule has 140 valence electrons. The van der Waals surface area contributed by atoms with Crippen molar-refractivity contribution in [3.63, 3.8) is 0 Å². The molecule has 0 bridgehead atoms. The first-order valence-electron chi connectivity index (χ1n) is 9.00. The fourth-order valence-corrected chi connectivity index (χ4v) is 4.05. The van der Waals surface area contributed by atoms with Crippen LogP contribution in [0.15, 0.2) is 23.1 Å². The third-order valence-corrected chi connectivity index (χ3v) is 5.88. The number of ether oxygens (including phenoxy) is 1. The number of rotatable bonds is 3. The summed E-state index contributed by atoms with van der Waals surface area (Å²) in [6, 6.07) is 5.10. The molecule has 0 unspecified atom stereocenters. The van der Waals surface area contributed by atoms with Crippen LogP contribution in [0.2, 0.25) is 0 Å². The normalized spacial score (nSPS) is 19.2. The summed E-state index contributed by atoms with van der Waals surface area (Å²) in [5.74, 6) is 0.573. The van der Waals surface area contributed by atoms with E-state index in [-0.39, 0.29) is 11.8 Å². The van der Waals surface area contributed by atoms with E-state index in [0.717, 1.165) is 17.7 Å². The SMILES string of the molecule is CC1CCN(C(=O)[C@@H](C)OC(=O)c2ccc3c(c2)NC(=O)CCS3)CC1. The van der Waals surface area contributed by atoms with E-state index >= 15 is 0 Å². The van der Waals surface area contributed by atoms with Gasteiger partial charge in [0.1, 0.15) is 0 Å². The lowest BCUT2D eigenvalue weighted by molar-refractivity contribution is -0.141. The molecule has 2 aliphatic rings. The van der Waals surface area contributed by atoms with E-state index in [1.165, 1.54) is 0 Å². The lowest BCUT2D eigenvalue weighted by Crippen LogP contribution is -2.44. The lowest BCUT2D eigenvalue weighted by atomic mass is 9.99. The standard InChI is InChI=1S/C19H24N2O4S/c1-12-5-8-21(9-6-12)18(23)13(2)25-19(24)14-3-4-16-15(11-14)20-17(22)7-10-26-16/h3-4,11-13H,5-10H2,1-2H3,(H,20,22)/t13-/m1/s1. The Hall–Kier alpha value is -2.02. The van der Waals surface area contributed by atoms with Gasteiger partial charge in [-0.25, -0.2) is 4.79 Å². The van der Waals surface area contributed by atoms with Crippen LogP contribution in [0.1, 0.15) is 43.5 Å². The first-order chi connectivity index (χ1) is 12.4. The number of esters is 1. The van der Waals surface area contributed by atoms with E-state index in [4.69, 9.17) is 4.74 Å². The van der Waals surface area contributed by atoms with Crippen molar-refractivity contribution in [2.24, 2.45) is 5.92 Å². The zero-order valence-electron chi connectivity index (χ0n) is 15.1. The van der Waals surface area contributed by atoms with Gasteiger partial charge in [0, 0.05) is 30.2 Å². The summed E-state index contributed by atoms with van der Waals surface area (Å²) in [6.45, 7) is 5.22. The van der Waals surface area contributed by atoms with Gasteiger partial charge in [0.15, 0.2) is 6.10 Å². The van der Waals surface area contributed by atoms with Gasteiger partial charge in [0.05, 0.1) is 11.3 Å². The third-order valence-electron chi connectivity index (χ3n) is 4.80. The molecular formula is C19H24N2O4S. The number of benzene rings is 1. The molecule has 0 saturated carbocycles. The van der Waals surface area contributed by atoms with E-state index in [9.17, 15) is 14.4 Å². The second-order valence-electron chi connectivity index (χ2n) is 6.91. The first kappa shape index (κ1) is 18.8. The molecule has 1 saturated heterocycles. The zero-order chi connectivity index (χ0) is 18.7. The van der Waals surface area contributed by atoms with Crippen LogP contribution >= 0.6 is 11.8 Å². The van der Waals surface area contributed by atoms with Gasteiger partial charge in [0.25, 0.3) is 5.91 Å². The van der Waals surface area contributed by atoms with E-state index < -0.39 is 12.1 Å². The molecule has 0 radical (unpaired) electrons. The number of amides is 2. The Morgan fingerprint density at radius 3 is 2.77 bits per heavy atom. The van der Waals surface area contributed by atoms with Crippen molar-refractivity contribution in [3.8, 4) is 0 Å². The van der Waals surface area contributed by atoms with Crippen LogP contribution in [-0.2, 0) is 14.3 Å². The van der Waals surface area contributed by atoms with Crippen molar-refractivity contribution >= 4 is 35.2 Å². The summed E-state index contributed by atoms with van der Waals surface area (Å²) in [5.41, 5.74) is 0.953. The van der Waals surface area contributed by atoms with Crippen molar-refractivity contribution in [1.82, 2.24) is 4.90 Å². The Morgan fingerprint density at radius 1 is 1.31 bits per heavy atom.